The normalized spacial score (nSPS) is 40.2. The fourth-order valence-electron chi connectivity index (χ4n) is 3.54. The highest BCUT2D eigenvalue weighted by Gasteiger charge is 2.29. The molecule has 0 aliphatic heterocycles. The summed E-state index contributed by atoms with van der Waals surface area (Å²) in [5.41, 5.74) is 0. The van der Waals surface area contributed by atoms with Gasteiger partial charge < -0.3 is 5.41 Å². The van der Waals surface area contributed by atoms with Gasteiger partial charge in [-0.3, -0.25) is 4.99 Å². The summed E-state index contributed by atoms with van der Waals surface area (Å²) >= 11 is 0. The Morgan fingerprint density at radius 2 is 1.38 bits per heavy atom. The van der Waals surface area contributed by atoms with E-state index in [1.54, 1.807) is 6.21 Å². The molecule has 0 aromatic heterocycles. The number of nitrogens with one attached hydrogen (secondary N) is 1. The van der Waals surface area contributed by atoms with Gasteiger partial charge in [-0.2, -0.15) is 0 Å². The Balaban J connectivity index is 1.77. The standard InChI is InChI=1S/C14H24N2/c1-16-14-8-6-13(7-9-14)12-4-2-11(10-15)3-5-12/h10-15H,1-9H2. The van der Waals surface area contributed by atoms with Crippen LogP contribution >= 0.6 is 0 Å². The van der Waals surface area contributed by atoms with Crippen molar-refractivity contribution in [2.75, 3.05) is 0 Å². The Hall–Kier alpha value is -0.660. The van der Waals surface area contributed by atoms with Gasteiger partial charge in [-0.05, 0) is 82.1 Å². The maximum absolute atomic E-state index is 7.31. The maximum Gasteiger partial charge on any atom is 0.0492 e. The molecule has 2 aliphatic carbocycles. The van der Waals surface area contributed by atoms with E-state index in [0.717, 1.165) is 11.8 Å². The molecular weight excluding hydrogens is 196 g/mol. The van der Waals surface area contributed by atoms with E-state index < -0.39 is 0 Å². The number of aliphatic imine (C=N–C) groups is 1. The lowest BCUT2D eigenvalue weighted by molar-refractivity contribution is 0.177. The van der Waals surface area contributed by atoms with Crippen molar-refractivity contribution in [3.8, 4) is 0 Å². The van der Waals surface area contributed by atoms with E-state index >= 15 is 0 Å². The van der Waals surface area contributed by atoms with E-state index in [2.05, 4.69) is 11.7 Å². The van der Waals surface area contributed by atoms with Gasteiger partial charge in [0, 0.05) is 6.04 Å². The Kier molecular flexibility index (Phi) is 4.14. The molecule has 0 radical (unpaired) electrons. The molecule has 0 unspecified atom stereocenters. The van der Waals surface area contributed by atoms with Crippen molar-refractivity contribution < 1.29 is 0 Å². The lowest BCUT2D eigenvalue weighted by Gasteiger charge is -2.36. The first-order valence-corrected chi connectivity index (χ1v) is 6.80. The number of nitrogens with zero attached hydrogens (tertiary/aromatic N) is 1. The molecule has 1 N–H and O–H groups in total. The van der Waals surface area contributed by atoms with E-state index in [0.29, 0.717) is 12.0 Å². The van der Waals surface area contributed by atoms with Gasteiger partial charge in [-0.25, -0.2) is 0 Å². The Morgan fingerprint density at radius 1 is 0.875 bits per heavy atom. The molecule has 0 atom stereocenters. The first-order chi connectivity index (χ1) is 7.83. The van der Waals surface area contributed by atoms with Crippen molar-refractivity contribution in [1.82, 2.24) is 0 Å². The third-order valence-corrected chi connectivity index (χ3v) is 4.72. The van der Waals surface area contributed by atoms with Crippen molar-refractivity contribution in [1.29, 1.82) is 5.41 Å². The van der Waals surface area contributed by atoms with Crippen LogP contribution in [0.5, 0.6) is 0 Å². The molecule has 2 heteroatoms. The highest BCUT2D eigenvalue weighted by atomic mass is 14.7. The second kappa shape index (κ2) is 5.60. The molecule has 0 bridgehead atoms. The largest absolute Gasteiger partial charge is 0.313 e. The fourth-order valence-corrected chi connectivity index (χ4v) is 3.54. The first kappa shape index (κ1) is 11.8. The summed E-state index contributed by atoms with van der Waals surface area (Å²) in [6, 6.07) is 0.550. The molecule has 0 saturated heterocycles. The minimum Gasteiger partial charge on any atom is -0.313 e. The zero-order chi connectivity index (χ0) is 11.4. The maximum atomic E-state index is 7.31. The first-order valence-electron chi connectivity index (χ1n) is 6.80. The highest BCUT2D eigenvalue weighted by molar-refractivity contribution is 5.56. The van der Waals surface area contributed by atoms with Crippen molar-refractivity contribution in [2.45, 2.75) is 57.4 Å². The zero-order valence-electron chi connectivity index (χ0n) is 10.2. The molecule has 90 valence electrons. The van der Waals surface area contributed by atoms with Crippen LogP contribution in [0.4, 0.5) is 0 Å². The highest BCUT2D eigenvalue weighted by Crippen LogP contribution is 2.39. The molecule has 0 heterocycles. The minimum atomic E-state index is 0.550. The van der Waals surface area contributed by atoms with Gasteiger partial charge in [0.25, 0.3) is 0 Å². The predicted octanol–water partition coefficient (Wildman–Crippen LogP) is 3.70. The van der Waals surface area contributed by atoms with Crippen molar-refractivity contribution in [2.24, 2.45) is 22.7 Å². The SMILES string of the molecule is C=NC1CCC(C2CCC(C=N)CC2)CC1. The molecule has 0 spiro atoms. The molecule has 2 aliphatic rings. The molecule has 2 fully saturated rings. The minimum absolute atomic E-state index is 0.550. The van der Waals surface area contributed by atoms with Crippen LogP contribution in [0.15, 0.2) is 4.99 Å². The smallest absolute Gasteiger partial charge is 0.0492 e. The van der Waals surface area contributed by atoms with Crippen LogP contribution in [0.3, 0.4) is 0 Å². The summed E-state index contributed by atoms with van der Waals surface area (Å²) in [5.74, 6) is 2.48. The summed E-state index contributed by atoms with van der Waals surface area (Å²) in [7, 11) is 0. The van der Waals surface area contributed by atoms with Gasteiger partial charge in [-0.1, -0.05) is 0 Å². The van der Waals surface area contributed by atoms with Gasteiger partial charge in [-0.15, -0.1) is 0 Å². The molecule has 16 heavy (non-hydrogen) atoms. The Morgan fingerprint density at radius 3 is 1.81 bits per heavy atom. The van der Waals surface area contributed by atoms with Gasteiger partial charge >= 0.3 is 0 Å². The average Bonchev–Trinajstić information content (AvgIpc) is 2.39. The van der Waals surface area contributed by atoms with Crippen LogP contribution < -0.4 is 0 Å². The van der Waals surface area contributed by atoms with Crippen molar-refractivity contribution in [3.63, 3.8) is 0 Å². The van der Waals surface area contributed by atoms with Crippen LogP contribution in [0, 0.1) is 23.2 Å². The van der Waals surface area contributed by atoms with Crippen LogP contribution in [0.1, 0.15) is 51.4 Å². The van der Waals surface area contributed by atoms with Gasteiger partial charge in [0.2, 0.25) is 0 Å². The van der Waals surface area contributed by atoms with E-state index in [1.807, 2.05) is 0 Å². The van der Waals surface area contributed by atoms with E-state index in [9.17, 15) is 0 Å². The van der Waals surface area contributed by atoms with Crippen LogP contribution in [-0.2, 0) is 0 Å². The molecular formula is C14H24N2. The molecule has 0 aromatic rings. The molecule has 2 rings (SSSR count). The lowest BCUT2D eigenvalue weighted by Crippen LogP contribution is -2.27. The molecule has 2 saturated carbocycles. The Labute approximate surface area is 99.1 Å². The average molecular weight is 220 g/mol. The second-order valence-electron chi connectivity index (χ2n) is 5.59. The van der Waals surface area contributed by atoms with Gasteiger partial charge in [0.05, 0.1) is 0 Å². The summed E-state index contributed by atoms with van der Waals surface area (Å²) in [4.78, 5) is 4.17. The summed E-state index contributed by atoms with van der Waals surface area (Å²) in [6.45, 7) is 3.67. The Bertz CT molecular complexity index is 207. The van der Waals surface area contributed by atoms with Gasteiger partial charge in [0.15, 0.2) is 0 Å². The quantitative estimate of drug-likeness (QED) is 0.704. The summed E-state index contributed by atoms with van der Waals surface area (Å²) in [6.07, 6.45) is 12.1. The predicted molar refractivity (Wildman–Crippen MR) is 69.5 cm³/mol. The third-order valence-electron chi connectivity index (χ3n) is 4.72. The van der Waals surface area contributed by atoms with E-state index in [1.165, 1.54) is 51.4 Å². The van der Waals surface area contributed by atoms with Crippen molar-refractivity contribution in [3.05, 3.63) is 0 Å². The molecule has 0 aromatic carbocycles. The monoisotopic (exact) mass is 220 g/mol. The van der Waals surface area contributed by atoms with E-state index in [4.69, 9.17) is 5.41 Å². The number of rotatable bonds is 3. The second-order valence-corrected chi connectivity index (χ2v) is 5.59. The van der Waals surface area contributed by atoms with Crippen LogP contribution in [0.2, 0.25) is 0 Å². The lowest BCUT2D eigenvalue weighted by atomic mass is 9.70. The fraction of sp³-hybridized carbons (Fsp3) is 0.857. The molecule has 2 nitrogen and oxygen atoms in total. The van der Waals surface area contributed by atoms with Crippen LogP contribution in [-0.4, -0.2) is 19.0 Å². The van der Waals surface area contributed by atoms with Crippen molar-refractivity contribution >= 4 is 12.9 Å². The zero-order valence-corrected chi connectivity index (χ0v) is 10.2. The number of hydrogen-bond acceptors (Lipinski definition) is 2. The third kappa shape index (κ3) is 2.72. The van der Waals surface area contributed by atoms with Crippen LogP contribution in [0.25, 0.3) is 0 Å². The van der Waals surface area contributed by atoms with E-state index in [-0.39, 0.29) is 0 Å². The number of hydrogen-bond donors (Lipinski definition) is 1. The molecule has 0 amide bonds. The summed E-state index contributed by atoms with van der Waals surface area (Å²) in [5, 5.41) is 7.31. The van der Waals surface area contributed by atoms with Gasteiger partial charge in [0.1, 0.15) is 0 Å². The summed E-state index contributed by atoms with van der Waals surface area (Å²) < 4.78 is 0. The topological polar surface area (TPSA) is 36.2 Å².